The molecule has 0 spiro atoms. The third-order valence-corrected chi connectivity index (χ3v) is 7.78. The number of halogens is 1. The van der Waals surface area contributed by atoms with Crippen LogP contribution in [0.15, 0.2) is 53.4 Å². The number of sulfonamides is 1. The summed E-state index contributed by atoms with van der Waals surface area (Å²) in [6.07, 6.45) is 0.0782. The van der Waals surface area contributed by atoms with Gasteiger partial charge < -0.3 is 4.74 Å². The number of amides is 2. The third-order valence-electron chi connectivity index (χ3n) is 5.62. The van der Waals surface area contributed by atoms with E-state index < -0.39 is 16.1 Å². The van der Waals surface area contributed by atoms with E-state index >= 15 is 0 Å². The molecule has 2 saturated heterocycles. The molecule has 31 heavy (non-hydrogen) atoms. The van der Waals surface area contributed by atoms with E-state index in [4.69, 9.17) is 16.3 Å². The van der Waals surface area contributed by atoms with Gasteiger partial charge in [-0.3, -0.25) is 14.5 Å². The molecule has 164 valence electrons. The minimum Gasteiger partial charge on any atom is -0.497 e. The standard InChI is InChI=1S/C21H22ClN3O5S/c1-30-17-6-4-16(5-7-17)25-20(26)14-19(21(25)27)23-10-12-24(13-11-23)31(28,29)18-8-2-15(22)3-9-18/h2-9,19H,10-14H2,1H3/t19-/m0/s1. The molecule has 2 aromatic rings. The van der Waals surface area contributed by atoms with Crippen LogP contribution in [0.2, 0.25) is 5.02 Å². The van der Waals surface area contributed by atoms with E-state index in [2.05, 4.69) is 0 Å². The molecule has 2 fully saturated rings. The summed E-state index contributed by atoms with van der Waals surface area (Å²) in [5, 5.41) is 0.467. The molecular weight excluding hydrogens is 442 g/mol. The number of anilines is 1. The number of nitrogens with zero attached hydrogens (tertiary/aromatic N) is 3. The van der Waals surface area contributed by atoms with Crippen LogP contribution < -0.4 is 9.64 Å². The van der Waals surface area contributed by atoms with E-state index in [1.807, 2.05) is 4.90 Å². The van der Waals surface area contributed by atoms with Crippen LogP contribution in [0.25, 0.3) is 0 Å². The van der Waals surface area contributed by atoms with Crippen LogP contribution in [0.5, 0.6) is 5.75 Å². The van der Waals surface area contributed by atoms with Crippen LogP contribution in [0.4, 0.5) is 5.69 Å². The fourth-order valence-electron chi connectivity index (χ4n) is 3.91. The van der Waals surface area contributed by atoms with Crippen LogP contribution in [0.3, 0.4) is 0 Å². The van der Waals surface area contributed by atoms with Gasteiger partial charge in [-0.2, -0.15) is 4.31 Å². The maximum Gasteiger partial charge on any atom is 0.251 e. The molecule has 2 aliphatic heterocycles. The number of methoxy groups -OCH3 is 1. The second-order valence-electron chi connectivity index (χ2n) is 7.38. The topological polar surface area (TPSA) is 87.2 Å². The molecule has 4 rings (SSSR count). The van der Waals surface area contributed by atoms with Crippen molar-refractivity contribution in [2.75, 3.05) is 38.2 Å². The summed E-state index contributed by atoms with van der Waals surface area (Å²) in [5.74, 6) is 0.0815. The van der Waals surface area contributed by atoms with Crippen molar-refractivity contribution in [3.8, 4) is 5.75 Å². The summed E-state index contributed by atoms with van der Waals surface area (Å²) in [7, 11) is -2.09. The van der Waals surface area contributed by atoms with E-state index in [1.54, 1.807) is 43.5 Å². The van der Waals surface area contributed by atoms with E-state index in [0.717, 1.165) is 0 Å². The van der Waals surface area contributed by atoms with E-state index in [-0.39, 0.29) is 36.2 Å². The Kier molecular flexibility index (Phi) is 6.02. The maximum absolute atomic E-state index is 13.0. The Morgan fingerprint density at radius 2 is 1.55 bits per heavy atom. The van der Waals surface area contributed by atoms with Crippen molar-refractivity contribution in [1.82, 2.24) is 9.21 Å². The van der Waals surface area contributed by atoms with E-state index in [0.29, 0.717) is 29.5 Å². The largest absolute Gasteiger partial charge is 0.497 e. The molecule has 0 unspecified atom stereocenters. The summed E-state index contributed by atoms with van der Waals surface area (Å²) in [5.41, 5.74) is 0.502. The average Bonchev–Trinajstić information content (AvgIpc) is 3.08. The van der Waals surface area contributed by atoms with Crippen LogP contribution in [0.1, 0.15) is 6.42 Å². The number of piperazine rings is 1. The first-order chi connectivity index (χ1) is 14.8. The molecule has 2 amide bonds. The van der Waals surface area contributed by atoms with Crippen molar-refractivity contribution in [2.24, 2.45) is 0 Å². The number of hydrogen-bond donors (Lipinski definition) is 0. The van der Waals surface area contributed by atoms with E-state index in [1.165, 1.54) is 21.3 Å². The lowest BCUT2D eigenvalue weighted by Gasteiger charge is -2.36. The molecule has 2 aliphatic rings. The zero-order valence-corrected chi connectivity index (χ0v) is 18.5. The minimum atomic E-state index is -3.64. The van der Waals surface area contributed by atoms with Gasteiger partial charge in [-0.25, -0.2) is 13.3 Å². The SMILES string of the molecule is COc1ccc(N2C(=O)C[C@H](N3CCN(S(=O)(=O)c4ccc(Cl)cc4)CC3)C2=O)cc1. The Balaban J connectivity index is 1.43. The van der Waals surface area contributed by atoms with E-state index in [9.17, 15) is 18.0 Å². The maximum atomic E-state index is 13.0. The molecule has 0 saturated carbocycles. The van der Waals surface area contributed by atoms with Gasteiger partial charge in [0.2, 0.25) is 15.9 Å². The summed E-state index contributed by atoms with van der Waals surface area (Å²) in [4.78, 5) is 28.8. The number of carbonyl (C=O) groups is 2. The molecule has 2 heterocycles. The molecule has 2 aromatic carbocycles. The molecule has 1 atom stereocenters. The summed E-state index contributed by atoms with van der Waals surface area (Å²) in [6.45, 7) is 1.22. The van der Waals surface area contributed by atoms with Crippen LogP contribution in [-0.4, -0.2) is 68.8 Å². The zero-order valence-electron chi connectivity index (χ0n) is 16.9. The number of imide groups is 1. The van der Waals surface area contributed by atoms with Crippen molar-refractivity contribution in [3.05, 3.63) is 53.6 Å². The lowest BCUT2D eigenvalue weighted by atomic mass is 10.2. The van der Waals surface area contributed by atoms with Crippen molar-refractivity contribution in [1.29, 1.82) is 0 Å². The number of ether oxygens (including phenoxy) is 1. The van der Waals surface area contributed by atoms with Gasteiger partial charge in [-0.1, -0.05) is 11.6 Å². The molecule has 0 aromatic heterocycles. The fraction of sp³-hybridized carbons (Fsp3) is 0.333. The van der Waals surface area contributed by atoms with Crippen molar-refractivity contribution < 1.29 is 22.7 Å². The van der Waals surface area contributed by atoms with Crippen molar-refractivity contribution >= 4 is 39.1 Å². The van der Waals surface area contributed by atoms with Gasteiger partial charge >= 0.3 is 0 Å². The Hall–Kier alpha value is -2.46. The highest BCUT2D eigenvalue weighted by atomic mass is 35.5. The first-order valence-corrected chi connectivity index (χ1v) is 11.6. The fourth-order valence-corrected chi connectivity index (χ4v) is 5.46. The Bertz CT molecular complexity index is 1080. The quantitative estimate of drug-likeness (QED) is 0.630. The van der Waals surface area contributed by atoms with Crippen LogP contribution in [0, 0.1) is 0 Å². The number of carbonyl (C=O) groups excluding carboxylic acids is 2. The van der Waals surface area contributed by atoms with Gasteiger partial charge in [0.1, 0.15) is 5.75 Å². The molecule has 0 bridgehead atoms. The lowest BCUT2D eigenvalue weighted by Crippen LogP contribution is -2.53. The third kappa shape index (κ3) is 4.18. The number of hydrogen-bond acceptors (Lipinski definition) is 6. The normalized spacial score (nSPS) is 21.0. The monoisotopic (exact) mass is 463 g/mol. The van der Waals surface area contributed by atoms with Crippen LogP contribution in [-0.2, 0) is 19.6 Å². The van der Waals surface area contributed by atoms with Gasteiger partial charge in [-0.05, 0) is 48.5 Å². The summed E-state index contributed by atoms with van der Waals surface area (Å²) < 4.78 is 32.2. The Labute approximate surface area is 186 Å². The van der Waals surface area contributed by atoms with Crippen LogP contribution >= 0.6 is 11.6 Å². The number of rotatable bonds is 5. The molecule has 0 radical (unpaired) electrons. The Morgan fingerprint density at radius 1 is 0.935 bits per heavy atom. The molecular formula is C21H22ClN3O5S. The average molecular weight is 464 g/mol. The highest BCUT2D eigenvalue weighted by Gasteiger charge is 2.44. The first-order valence-electron chi connectivity index (χ1n) is 9.82. The number of benzene rings is 2. The smallest absolute Gasteiger partial charge is 0.251 e. The first kappa shape index (κ1) is 21.8. The molecule has 0 aliphatic carbocycles. The van der Waals surface area contributed by atoms with Gasteiger partial charge in [0, 0.05) is 31.2 Å². The predicted octanol–water partition coefficient (Wildman–Crippen LogP) is 1.99. The van der Waals surface area contributed by atoms with Crippen molar-refractivity contribution in [3.63, 3.8) is 0 Å². The van der Waals surface area contributed by atoms with Crippen molar-refractivity contribution in [2.45, 2.75) is 17.4 Å². The molecule has 10 heteroatoms. The summed E-state index contributed by atoms with van der Waals surface area (Å²) >= 11 is 5.85. The Morgan fingerprint density at radius 3 is 2.13 bits per heavy atom. The van der Waals surface area contributed by atoms with Gasteiger partial charge in [-0.15, -0.1) is 0 Å². The highest BCUT2D eigenvalue weighted by molar-refractivity contribution is 7.89. The molecule has 0 N–H and O–H groups in total. The lowest BCUT2D eigenvalue weighted by molar-refractivity contribution is -0.123. The predicted molar refractivity (Wildman–Crippen MR) is 116 cm³/mol. The second-order valence-corrected chi connectivity index (χ2v) is 9.75. The van der Waals surface area contributed by atoms with Gasteiger partial charge in [0.25, 0.3) is 5.91 Å². The van der Waals surface area contributed by atoms with Gasteiger partial charge in [0.15, 0.2) is 0 Å². The minimum absolute atomic E-state index is 0.0782. The second kappa shape index (κ2) is 8.58. The van der Waals surface area contributed by atoms with Gasteiger partial charge in [0.05, 0.1) is 30.2 Å². The highest BCUT2D eigenvalue weighted by Crippen LogP contribution is 2.28. The zero-order chi connectivity index (χ0) is 22.2. The summed E-state index contributed by atoms with van der Waals surface area (Å²) in [6, 6.07) is 12.2. The molecule has 8 nitrogen and oxygen atoms in total.